The molecule has 1 aromatic rings. The van der Waals surface area contributed by atoms with E-state index in [9.17, 15) is 4.79 Å². The molecule has 0 amide bonds. The van der Waals surface area contributed by atoms with Crippen LogP contribution in [0.25, 0.3) is 6.08 Å². The van der Waals surface area contributed by atoms with E-state index in [1.807, 2.05) is 0 Å². The van der Waals surface area contributed by atoms with E-state index in [0.29, 0.717) is 16.0 Å². The number of rotatable bonds is 3. The number of carbonyl (C=O) groups excluding carboxylic acids is 1. The van der Waals surface area contributed by atoms with Crippen LogP contribution in [0.2, 0.25) is 9.36 Å². The molecule has 0 saturated carbocycles. The molecule has 14 heavy (non-hydrogen) atoms. The summed E-state index contributed by atoms with van der Waals surface area (Å²) >= 11 is 12.8. The van der Waals surface area contributed by atoms with E-state index >= 15 is 0 Å². The van der Waals surface area contributed by atoms with Crippen LogP contribution in [0.5, 0.6) is 0 Å². The molecule has 0 atom stereocenters. The van der Waals surface area contributed by atoms with Crippen LogP contribution in [0.3, 0.4) is 0 Å². The van der Waals surface area contributed by atoms with E-state index in [1.54, 1.807) is 19.1 Å². The molecule has 0 aliphatic carbocycles. The van der Waals surface area contributed by atoms with Crippen LogP contribution >= 0.6 is 34.5 Å². The third-order valence-electron chi connectivity index (χ3n) is 1.33. The fourth-order valence-electron chi connectivity index (χ4n) is 0.786. The highest BCUT2D eigenvalue weighted by atomic mass is 35.5. The lowest BCUT2D eigenvalue weighted by Crippen LogP contribution is -1.98. The van der Waals surface area contributed by atoms with Crippen molar-refractivity contribution in [3.8, 4) is 0 Å². The van der Waals surface area contributed by atoms with Crippen molar-refractivity contribution in [1.82, 2.24) is 0 Å². The van der Waals surface area contributed by atoms with Gasteiger partial charge in [-0.25, -0.2) is 4.79 Å². The van der Waals surface area contributed by atoms with Crippen LogP contribution in [0.15, 0.2) is 12.1 Å². The Morgan fingerprint density at radius 2 is 2.36 bits per heavy atom. The van der Waals surface area contributed by atoms with Gasteiger partial charge in [0.2, 0.25) is 0 Å². The highest BCUT2D eigenvalue weighted by molar-refractivity contribution is 7.17. The molecule has 2 nitrogen and oxygen atoms in total. The largest absolute Gasteiger partial charge is 0.463 e. The summed E-state index contributed by atoms with van der Waals surface area (Å²) in [7, 11) is 0. The van der Waals surface area contributed by atoms with Gasteiger partial charge in [0, 0.05) is 11.0 Å². The second kappa shape index (κ2) is 5.39. The molecule has 0 aromatic carbocycles. The molecule has 0 saturated heterocycles. The van der Waals surface area contributed by atoms with Gasteiger partial charge in [-0.15, -0.1) is 11.3 Å². The number of hydrogen-bond donors (Lipinski definition) is 0. The monoisotopic (exact) mass is 250 g/mol. The lowest BCUT2D eigenvalue weighted by molar-refractivity contribution is -0.137. The second-order valence-corrected chi connectivity index (χ2v) is 4.45. The summed E-state index contributed by atoms with van der Waals surface area (Å²) < 4.78 is 5.24. The molecular weight excluding hydrogens is 243 g/mol. The van der Waals surface area contributed by atoms with Crippen LogP contribution in [-0.4, -0.2) is 12.6 Å². The van der Waals surface area contributed by atoms with Gasteiger partial charge in [-0.2, -0.15) is 0 Å². The Morgan fingerprint density at radius 3 is 2.86 bits per heavy atom. The third kappa shape index (κ3) is 3.33. The van der Waals surface area contributed by atoms with Crippen LogP contribution in [0, 0.1) is 0 Å². The van der Waals surface area contributed by atoms with Gasteiger partial charge >= 0.3 is 5.97 Å². The van der Waals surface area contributed by atoms with Gasteiger partial charge in [0.05, 0.1) is 11.6 Å². The van der Waals surface area contributed by atoms with Crippen molar-refractivity contribution < 1.29 is 9.53 Å². The van der Waals surface area contributed by atoms with E-state index < -0.39 is 0 Å². The third-order valence-corrected chi connectivity index (χ3v) is 3.17. The molecule has 5 heteroatoms. The number of esters is 1. The number of hydrogen-bond acceptors (Lipinski definition) is 3. The molecule has 1 rings (SSSR count). The van der Waals surface area contributed by atoms with E-state index in [4.69, 9.17) is 27.9 Å². The van der Waals surface area contributed by atoms with Crippen molar-refractivity contribution in [2.24, 2.45) is 0 Å². The molecule has 0 unspecified atom stereocenters. The van der Waals surface area contributed by atoms with Gasteiger partial charge in [0.1, 0.15) is 4.34 Å². The van der Waals surface area contributed by atoms with E-state index in [1.165, 1.54) is 17.4 Å². The van der Waals surface area contributed by atoms with Gasteiger partial charge in [-0.05, 0) is 19.1 Å². The summed E-state index contributed by atoms with van der Waals surface area (Å²) in [6.45, 7) is 2.12. The quantitative estimate of drug-likeness (QED) is 0.605. The van der Waals surface area contributed by atoms with Gasteiger partial charge in [0.15, 0.2) is 0 Å². The van der Waals surface area contributed by atoms with Crippen molar-refractivity contribution in [3.63, 3.8) is 0 Å². The lowest BCUT2D eigenvalue weighted by atomic mass is 10.4. The summed E-state index contributed by atoms with van der Waals surface area (Å²) in [5.74, 6) is -0.367. The zero-order valence-electron chi connectivity index (χ0n) is 7.42. The molecule has 0 N–H and O–H groups in total. The highest BCUT2D eigenvalue weighted by Gasteiger charge is 2.02. The van der Waals surface area contributed by atoms with Crippen molar-refractivity contribution in [2.45, 2.75) is 6.92 Å². The number of halogens is 2. The van der Waals surface area contributed by atoms with E-state index in [2.05, 4.69) is 0 Å². The highest BCUT2D eigenvalue weighted by Crippen LogP contribution is 2.32. The first-order chi connectivity index (χ1) is 6.63. The summed E-state index contributed by atoms with van der Waals surface area (Å²) in [5, 5.41) is 0.500. The van der Waals surface area contributed by atoms with Gasteiger partial charge < -0.3 is 4.74 Å². The minimum atomic E-state index is -0.367. The van der Waals surface area contributed by atoms with Crippen LogP contribution in [0.4, 0.5) is 0 Å². The average Bonchev–Trinajstić information content (AvgIpc) is 2.44. The summed E-state index contributed by atoms with van der Waals surface area (Å²) in [6.07, 6.45) is 2.97. The summed E-state index contributed by atoms with van der Waals surface area (Å²) in [5.41, 5.74) is 0. The van der Waals surface area contributed by atoms with Gasteiger partial charge in [0.25, 0.3) is 0 Å². The Hall–Kier alpha value is -0.510. The molecular formula is C9H8Cl2O2S. The molecule has 0 spiro atoms. The number of thiophene rings is 1. The van der Waals surface area contributed by atoms with Crippen LogP contribution < -0.4 is 0 Å². The SMILES string of the molecule is CCOC(=O)C=Cc1cc(Cl)c(Cl)s1. The number of carbonyl (C=O) groups is 1. The molecule has 0 aliphatic heterocycles. The first-order valence-electron chi connectivity index (χ1n) is 3.93. The Labute approximate surface area is 96.1 Å². The van der Waals surface area contributed by atoms with Crippen molar-refractivity contribution in [2.75, 3.05) is 6.61 Å². The Kier molecular flexibility index (Phi) is 4.45. The molecule has 1 heterocycles. The van der Waals surface area contributed by atoms with E-state index in [-0.39, 0.29) is 5.97 Å². The molecule has 0 bridgehead atoms. The normalized spacial score (nSPS) is 10.8. The molecule has 1 aromatic heterocycles. The predicted octanol–water partition coefficient (Wildman–Crippen LogP) is 3.63. The van der Waals surface area contributed by atoms with Crippen molar-refractivity contribution >= 4 is 46.6 Å². The van der Waals surface area contributed by atoms with Crippen LogP contribution in [-0.2, 0) is 9.53 Å². The first kappa shape index (κ1) is 11.6. The lowest BCUT2D eigenvalue weighted by Gasteiger charge is -1.93. The predicted molar refractivity (Wildman–Crippen MR) is 60.0 cm³/mol. The first-order valence-corrected chi connectivity index (χ1v) is 5.50. The standard InChI is InChI=1S/C9H8Cl2O2S/c1-2-13-8(12)4-3-6-5-7(10)9(11)14-6/h3-5H,2H2,1H3. The second-order valence-electron chi connectivity index (χ2n) is 2.36. The molecule has 0 fully saturated rings. The minimum Gasteiger partial charge on any atom is -0.463 e. The van der Waals surface area contributed by atoms with Crippen molar-refractivity contribution in [1.29, 1.82) is 0 Å². The molecule has 0 radical (unpaired) electrons. The summed E-state index contributed by atoms with van der Waals surface area (Å²) in [6, 6.07) is 1.70. The van der Waals surface area contributed by atoms with Gasteiger partial charge in [-0.1, -0.05) is 23.2 Å². The zero-order valence-corrected chi connectivity index (χ0v) is 9.75. The Balaban J connectivity index is 2.64. The maximum absolute atomic E-state index is 10.9. The van der Waals surface area contributed by atoms with E-state index in [0.717, 1.165) is 4.88 Å². The smallest absolute Gasteiger partial charge is 0.330 e. The molecule has 76 valence electrons. The Bertz CT molecular complexity index is 338. The topological polar surface area (TPSA) is 26.3 Å². The fraction of sp³-hybridized carbons (Fsp3) is 0.222. The van der Waals surface area contributed by atoms with Crippen molar-refractivity contribution in [3.05, 3.63) is 26.4 Å². The zero-order chi connectivity index (χ0) is 10.6. The average molecular weight is 251 g/mol. The Morgan fingerprint density at radius 1 is 1.64 bits per heavy atom. The number of ether oxygens (including phenoxy) is 1. The fourth-order valence-corrected chi connectivity index (χ4v) is 2.08. The summed E-state index contributed by atoms with van der Waals surface area (Å²) in [4.78, 5) is 11.8. The molecule has 0 aliphatic rings. The maximum atomic E-state index is 10.9. The van der Waals surface area contributed by atoms with Gasteiger partial charge in [-0.3, -0.25) is 0 Å². The minimum absolute atomic E-state index is 0.367. The van der Waals surface area contributed by atoms with Crippen LogP contribution in [0.1, 0.15) is 11.8 Å². The maximum Gasteiger partial charge on any atom is 0.330 e.